The Balaban J connectivity index is 1.57. The minimum atomic E-state index is -0.309. The van der Waals surface area contributed by atoms with E-state index in [1.807, 2.05) is 34.9 Å². The van der Waals surface area contributed by atoms with Crippen molar-refractivity contribution < 1.29 is 14.3 Å². The van der Waals surface area contributed by atoms with Crippen LogP contribution in [0.5, 0.6) is 5.75 Å². The van der Waals surface area contributed by atoms with Crippen molar-refractivity contribution in [2.45, 2.75) is 32.6 Å². The first-order valence-corrected chi connectivity index (χ1v) is 9.26. The molecule has 0 radical (unpaired) electrons. The molecule has 25 heavy (non-hydrogen) atoms. The van der Waals surface area contributed by atoms with Crippen LogP contribution in [0.2, 0.25) is 0 Å². The number of carbonyl (C=O) groups is 1. The highest BCUT2D eigenvalue weighted by Crippen LogP contribution is 2.25. The number of unbranched alkanes of at least 4 members (excludes halogenated alkanes) is 1. The second-order valence-corrected chi connectivity index (χ2v) is 6.79. The topological polar surface area (TPSA) is 43.2 Å². The van der Waals surface area contributed by atoms with Crippen LogP contribution in [0.25, 0.3) is 5.52 Å². The number of rotatable bonds is 7. The number of hydrogen-bond acceptors (Lipinski definition) is 4. The molecule has 3 heterocycles. The standard InChI is InChI=1S/C20H28N2O3/c1-3-4-10-21-12-8-16(9-13-21)15-25-20(23)19-18(24-2)14-17-7-5-6-11-22(17)19/h5-7,11,14,16H,3-4,8-10,12-13,15H2,1-2H3. The molecule has 0 unspecified atom stereocenters. The molecule has 3 rings (SSSR count). The number of fused-ring (bicyclic) bond motifs is 1. The van der Waals surface area contributed by atoms with Crippen LogP contribution in [-0.2, 0) is 4.74 Å². The van der Waals surface area contributed by atoms with Crippen molar-refractivity contribution in [3.8, 4) is 5.75 Å². The van der Waals surface area contributed by atoms with Crippen LogP contribution in [0.4, 0.5) is 0 Å². The van der Waals surface area contributed by atoms with Crippen LogP contribution in [0.3, 0.4) is 0 Å². The Morgan fingerprint density at radius 1 is 1.28 bits per heavy atom. The van der Waals surface area contributed by atoms with E-state index in [9.17, 15) is 4.79 Å². The van der Waals surface area contributed by atoms with Crippen molar-refractivity contribution in [3.63, 3.8) is 0 Å². The second kappa shape index (κ2) is 8.39. The zero-order chi connectivity index (χ0) is 17.6. The minimum absolute atomic E-state index is 0.309. The number of nitrogens with zero attached hydrogens (tertiary/aromatic N) is 2. The van der Waals surface area contributed by atoms with E-state index in [1.54, 1.807) is 7.11 Å². The summed E-state index contributed by atoms with van der Waals surface area (Å²) in [6.07, 6.45) is 6.57. The Morgan fingerprint density at radius 3 is 2.80 bits per heavy atom. The summed E-state index contributed by atoms with van der Waals surface area (Å²) in [6.45, 7) is 6.13. The van der Waals surface area contributed by atoms with E-state index in [-0.39, 0.29) is 5.97 Å². The third-order valence-electron chi connectivity index (χ3n) is 5.04. The van der Waals surface area contributed by atoms with Gasteiger partial charge < -0.3 is 18.8 Å². The van der Waals surface area contributed by atoms with Crippen LogP contribution in [0.15, 0.2) is 30.5 Å². The van der Waals surface area contributed by atoms with Crippen molar-refractivity contribution in [2.24, 2.45) is 5.92 Å². The number of carbonyl (C=O) groups excluding carboxylic acids is 1. The van der Waals surface area contributed by atoms with Crippen LogP contribution < -0.4 is 4.74 Å². The maximum Gasteiger partial charge on any atom is 0.359 e. The predicted octanol–water partition coefficient (Wildman–Crippen LogP) is 3.62. The molecule has 0 spiro atoms. The Hall–Kier alpha value is -2.01. The Kier molecular flexibility index (Phi) is 5.97. The number of pyridine rings is 1. The molecule has 1 fully saturated rings. The van der Waals surface area contributed by atoms with Gasteiger partial charge in [-0.1, -0.05) is 19.4 Å². The molecule has 1 aliphatic heterocycles. The molecule has 0 aliphatic carbocycles. The summed E-state index contributed by atoms with van der Waals surface area (Å²) in [7, 11) is 1.58. The van der Waals surface area contributed by atoms with Crippen molar-refractivity contribution in [1.29, 1.82) is 0 Å². The average Bonchev–Trinajstić information content (AvgIpc) is 3.04. The minimum Gasteiger partial charge on any atom is -0.494 e. The van der Waals surface area contributed by atoms with E-state index < -0.39 is 0 Å². The number of ether oxygens (including phenoxy) is 2. The molecular weight excluding hydrogens is 316 g/mol. The van der Waals surface area contributed by atoms with Gasteiger partial charge in [0.15, 0.2) is 11.4 Å². The number of hydrogen-bond donors (Lipinski definition) is 0. The van der Waals surface area contributed by atoms with E-state index in [2.05, 4.69) is 11.8 Å². The molecule has 2 aromatic rings. The van der Waals surface area contributed by atoms with Gasteiger partial charge in [-0.25, -0.2) is 4.79 Å². The Labute approximate surface area is 149 Å². The van der Waals surface area contributed by atoms with E-state index in [0.29, 0.717) is 24.0 Å². The van der Waals surface area contributed by atoms with Crippen molar-refractivity contribution in [1.82, 2.24) is 9.30 Å². The van der Waals surface area contributed by atoms with Gasteiger partial charge in [-0.05, 0) is 56.9 Å². The predicted molar refractivity (Wildman–Crippen MR) is 98.3 cm³/mol. The lowest BCUT2D eigenvalue weighted by molar-refractivity contribution is 0.0361. The largest absolute Gasteiger partial charge is 0.494 e. The third kappa shape index (κ3) is 4.15. The second-order valence-electron chi connectivity index (χ2n) is 6.79. The summed E-state index contributed by atoms with van der Waals surface area (Å²) in [6, 6.07) is 7.65. The number of piperidine rings is 1. The highest BCUT2D eigenvalue weighted by molar-refractivity contribution is 5.93. The lowest BCUT2D eigenvalue weighted by Crippen LogP contribution is -2.36. The SMILES string of the molecule is CCCCN1CCC(COC(=O)c2c(OC)cc3ccccn23)CC1. The van der Waals surface area contributed by atoms with Crippen molar-refractivity contribution >= 4 is 11.5 Å². The molecule has 1 aliphatic rings. The molecule has 0 N–H and O–H groups in total. The van der Waals surface area contributed by atoms with Gasteiger partial charge in [-0.3, -0.25) is 0 Å². The first kappa shape index (κ1) is 17.8. The summed E-state index contributed by atoms with van der Waals surface area (Å²) in [5, 5.41) is 0. The number of esters is 1. The van der Waals surface area contributed by atoms with E-state index in [4.69, 9.17) is 9.47 Å². The highest BCUT2D eigenvalue weighted by atomic mass is 16.5. The summed E-state index contributed by atoms with van der Waals surface area (Å²) in [5.74, 6) is 0.709. The quantitative estimate of drug-likeness (QED) is 0.720. The van der Waals surface area contributed by atoms with Crippen molar-refractivity contribution in [3.05, 3.63) is 36.2 Å². The smallest absolute Gasteiger partial charge is 0.359 e. The van der Waals surface area contributed by atoms with Crippen molar-refractivity contribution in [2.75, 3.05) is 33.4 Å². The molecule has 1 saturated heterocycles. The molecule has 5 heteroatoms. The first-order valence-electron chi connectivity index (χ1n) is 9.26. The summed E-state index contributed by atoms with van der Waals surface area (Å²) < 4.78 is 12.8. The van der Waals surface area contributed by atoms with Gasteiger partial charge in [-0.2, -0.15) is 0 Å². The lowest BCUT2D eigenvalue weighted by atomic mass is 9.97. The van der Waals surface area contributed by atoms with Crippen LogP contribution in [-0.4, -0.2) is 48.6 Å². The molecular formula is C20H28N2O3. The molecule has 0 atom stereocenters. The average molecular weight is 344 g/mol. The van der Waals surface area contributed by atoms with Gasteiger partial charge in [0, 0.05) is 17.8 Å². The number of aromatic nitrogens is 1. The van der Waals surface area contributed by atoms with Crippen LogP contribution in [0.1, 0.15) is 43.1 Å². The van der Waals surface area contributed by atoms with Crippen LogP contribution >= 0.6 is 0 Å². The van der Waals surface area contributed by atoms with E-state index in [0.717, 1.165) is 31.4 Å². The maximum absolute atomic E-state index is 12.6. The Bertz CT molecular complexity index is 702. The molecule has 136 valence electrons. The van der Waals surface area contributed by atoms with Gasteiger partial charge in [-0.15, -0.1) is 0 Å². The van der Waals surface area contributed by atoms with Gasteiger partial charge >= 0.3 is 5.97 Å². The fraction of sp³-hybridized carbons (Fsp3) is 0.550. The van der Waals surface area contributed by atoms with Gasteiger partial charge in [0.2, 0.25) is 0 Å². The van der Waals surface area contributed by atoms with Gasteiger partial charge in [0.25, 0.3) is 0 Å². The molecule has 5 nitrogen and oxygen atoms in total. The third-order valence-corrected chi connectivity index (χ3v) is 5.04. The monoisotopic (exact) mass is 344 g/mol. The summed E-state index contributed by atoms with van der Waals surface area (Å²) in [5.41, 5.74) is 1.40. The fourth-order valence-electron chi connectivity index (χ4n) is 3.47. The zero-order valence-corrected chi connectivity index (χ0v) is 15.2. The number of likely N-dealkylation sites (tertiary alicyclic amines) is 1. The molecule has 0 amide bonds. The molecule has 0 saturated carbocycles. The first-order chi connectivity index (χ1) is 12.2. The lowest BCUT2D eigenvalue weighted by Gasteiger charge is -2.31. The van der Waals surface area contributed by atoms with Gasteiger partial charge in [0.05, 0.1) is 13.7 Å². The summed E-state index contributed by atoms with van der Waals surface area (Å²) in [4.78, 5) is 15.1. The fourth-order valence-corrected chi connectivity index (χ4v) is 3.47. The maximum atomic E-state index is 12.6. The summed E-state index contributed by atoms with van der Waals surface area (Å²) >= 11 is 0. The normalized spacial score (nSPS) is 16.2. The molecule has 0 aromatic carbocycles. The number of methoxy groups -OCH3 is 1. The molecule has 0 bridgehead atoms. The molecule has 2 aromatic heterocycles. The van der Waals surface area contributed by atoms with Crippen LogP contribution in [0, 0.1) is 5.92 Å². The zero-order valence-electron chi connectivity index (χ0n) is 15.2. The highest BCUT2D eigenvalue weighted by Gasteiger charge is 2.23. The van der Waals surface area contributed by atoms with E-state index >= 15 is 0 Å². The Morgan fingerprint density at radius 2 is 2.08 bits per heavy atom. The van der Waals surface area contributed by atoms with E-state index in [1.165, 1.54) is 19.4 Å². The van der Waals surface area contributed by atoms with Gasteiger partial charge in [0.1, 0.15) is 0 Å².